The van der Waals surface area contributed by atoms with E-state index in [1.807, 2.05) is 34.6 Å². The van der Waals surface area contributed by atoms with E-state index in [0.29, 0.717) is 47.9 Å². The van der Waals surface area contributed by atoms with Crippen LogP contribution in [0.5, 0.6) is 28.7 Å². The summed E-state index contributed by atoms with van der Waals surface area (Å²) in [5.41, 5.74) is 2.21. The van der Waals surface area contributed by atoms with Crippen LogP contribution in [-0.2, 0) is 6.61 Å². The van der Waals surface area contributed by atoms with Crippen molar-refractivity contribution in [3.8, 4) is 28.7 Å². The minimum Gasteiger partial charge on any atom is -0.508 e. The summed E-state index contributed by atoms with van der Waals surface area (Å²) in [6, 6.07) is 13.6. The van der Waals surface area contributed by atoms with Gasteiger partial charge in [-0.2, -0.15) is 0 Å². The SMILES string of the molecule is CC(C)(C)NCC(O)c1ccc(O)c(CO)c1.CC(C)NCC(O)c1ccc(O)c(O)c1.CNC[C@H](O)c1ccc(O)c(O)c1. The molecule has 3 atom stereocenters. The maximum atomic E-state index is 9.97. The molecule has 12 N–H and O–H groups in total. The predicted octanol–water partition coefficient (Wildman–Crippen LogP) is 2.79. The highest BCUT2D eigenvalue weighted by atomic mass is 16.3. The van der Waals surface area contributed by atoms with Gasteiger partial charge in [0.25, 0.3) is 0 Å². The number of hydrogen-bond acceptors (Lipinski definition) is 12. The molecule has 0 heterocycles. The zero-order valence-corrected chi connectivity index (χ0v) is 26.9. The van der Waals surface area contributed by atoms with Gasteiger partial charge in [0.2, 0.25) is 0 Å². The highest BCUT2D eigenvalue weighted by Gasteiger charge is 2.15. The summed E-state index contributed by atoms with van der Waals surface area (Å²) in [4.78, 5) is 0. The standard InChI is InChI=1S/C13H21NO3.C11H17NO3.C9H13NO3/c1-13(2,3)14-7-12(17)9-4-5-11(16)10(6-9)8-15;1-7(2)12-6-11(15)8-3-4-9(13)10(14)5-8;1-10-5-9(13)6-2-3-7(11)8(12)4-6/h4-6,12,14-17H,7-8H2,1-3H3;3-5,7,11-15H,6H2,1-2H3;2-4,9-13H,5H2,1H3/t;;9-/m..0/s1. The Morgan fingerprint density at radius 1 is 0.600 bits per heavy atom. The van der Waals surface area contributed by atoms with Gasteiger partial charge in [-0.25, -0.2) is 0 Å². The molecule has 0 bridgehead atoms. The minimum atomic E-state index is -0.682. The van der Waals surface area contributed by atoms with Crippen molar-refractivity contribution in [3.63, 3.8) is 0 Å². The number of phenolic OH excluding ortho intramolecular Hbond substituents is 4. The van der Waals surface area contributed by atoms with E-state index in [9.17, 15) is 25.5 Å². The lowest BCUT2D eigenvalue weighted by atomic mass is 10.0. The van der Waals surface area contributed by atoms with E-state index >= 15 is 0 Å². The van der Waals surface area contributed by atoms with Crippen LogP contribution in [0.25, 0.3) is 0 Å². The number of nitrogens with one attached hydrogen (secondary N) is 3. The van der Waals surface area contributed by atoms with Crippen molar-refractivity contribution in [2.45, 2.75) is 71.1 Å². The Bertz CT molecular complexity index is 1300. The largest absolute Gasteiger partial charge is 0.508 e. The van der Waals surface area contributed by atoms with Gasteiger partial charge < -0.3 is 61.9 Å². The maximum absolute atomic E-state index is 9.97. The third kappa shape index (κ3) is 14.8. The van der Waals surface area contributed by atoms with Gasteiger partial charge in [-0.3, -0.25) is 0 Å². The molecular formula is C33H51N3O9. The maximum Gasteiger partial charge on any atom is 0.157 e. The fourth-order valence-corrected chi connectivity index (χ4v) is 3.73. The molecule has 45 heavy (non-hydrogen) atoms. The van der Waals surface area contributed by atoms with Crippen molar-refractivity contribution >= 4 is 0 Å². The Kier molecular flexibility index (Phi) is 16.7. The molecule has 0 saturated carbocycles. The number of aromatic hydroxyl groups is 5. The van der Waals surface area contributed by atoms with Gasteiger partial charge in [0.1, 0.15) is 5.75 Å². The Hall–Kier alpha value is -3.62. The lowest BCUT2D eigenvalue weighted by molar-refractivity contribution is 0.163. The first kappa shape index (κ1) is 39.4. The minimum absolute atomic E-state index is 0.0484. The second-order valence-electron chi connectivity index (χ2n) is 11.8. The molecule has 0 aliphatic heterocycles. The monoisotopic (exact) mass is 633 g/mol. The van der Waals surface area contributed by atoms with Gasteiger partial charge in [0, 0.05) is 36.8 Å². The fourth-order valence-electron chi connectivity index (χ4n) is 3.73. The number of aliphatic hydroxyl groups excluding tert-OH is 4. The Labute approximate surface area is 265 Å². The van der Waals surface area contributed by atoms with Crippen LogP contribution >= 0.6 is 0 Å². The van der Waals surface area contributed by atoms with E-state index in [1.165, 1.54) is 30.3 Å². The molecule has 12 nitrogen and oxygen atoms in total. The zero-order chi connectivity index (χ0) is 34.3. The summed E-state index contributed by atoms with van der Waals surface area (Å²) in [7, 11) is 1.73. The molecule has 0 aliphatic carbocycles. The first-order chi connectivity index (χ1) is 21.0. The second-order valence-corrected chi connectivity index (χ2v) is 11.8. The lowest BCUT2D eigenvalue weighted by Crippen LogP contribution is -2.38. The third-order valence-electron chi connectivity index (χ3n) is 6.37. The first-order valence-electron chi connectivity index (χ1n) is 14.6. The van der Waals surface area contributed by atoms with Crippen LogP contribution in [0.3, 0.4) is 0 Å². The van der Waals surface area contributed by atoms with Crippen molar-refractivity contribution < 1.29 is 46.0 Å². The lowest BCUT2D eigenvalue weighted by Gasteiger charge is -2.23. The molecule has 0 aliphatic rings. The molecule has 0 saturated heterocycles. The molecule has 3 aromatic carbocycles. The van der Waals surface area contributed by atoms with Gasteiger partial charge in [0.15, 0.2) is 23.0 Å². The number of rotatable bonds is 11. The average molecular weight is 634 g/mol. The summed E-state index contributed by atoms with van der Waals surface area (Å²) < 4.78 is 0. The summed E-state index contributed by atoms with van der Waals surface area (Å²) in [5, 5.41) is 93.2. The van der Waals surface area contributed by atoms with Crippen LogP contribution in [0.4, 0.5) is 0 Å². The molecule has 0 aromatic heterocycles. The van der Waals surface area contributed by atoms with Crippen molar-refractivity contribution in [2.24, 2.45) is 0 Å². The molecule has 0 radical (unpaired) electrons. The van der Waals surface area contributed by atoms with E-state index in [2.05, 4.69) is 16.0 Å². The van der Waals surface area contributed by atoms with Crippen LogP contribution in [0.1, 0.15) is 75.2 Å². The number of aliphatic hydroxyl groups is 4. The quantitative estimate of drug-likeness (QED) is 0.137. The number of phenols is 5. The Morgan fingerprint density at radius 2 is 1.02 bits per heavy atom. The van der Waals surface area contributed by atoms with Gasteiger partial charge >= 0.3 is 0 Å². The van der Waals surface area contributed by atoms with Gasteiger partial charge in [-0.15, -0.1) is 0 Å². The average Bonchev–Trinajstić information content (AvgIpc) is 2.98. The molecule has 252 valence electrons. The molecule has 2 unspecified atom stereocenters. The van der Waals surface area contributed by atoms with Crippen LogP contribution in [0.15, 0.2) is 54.6 Å². The summed E-state index contributed by atoms with van der Waals surface area (Å²) in [6.07, 6.45) is -2.00. The van der Waals surface area contributed by atoms with Crippen LogP contribution in [0.2, 0.25) is 0 Å². The van der Waals surface area contributed by atoms with Crippen LogP contribution < -0.4 is 16.0 Å². The first-order valence-corrected chi connectivity index (χ1v) is 14.6. The van der Waals surface area contributed by atoms with Gasteiger partial charge in [0.05, 0.1) is 24.9 Å². The van der Waals surface area contributed by atoms with E-state index in [0.717, 1.165) is 0 Å². The number of β-amino-alcohol motifs (C(OH)–C–C–N with tert-alkyl or cyclic N) is 1. The van der Waals surface area contributed by atoms with Crippen LogP contribution in [-0.4, -0.2) is 84.2 Å². The smallest absolute Gasteiger partial charge is 0.157 e. The third-order valence-corrected chi connectivity index (χ3v) is 6.37. The zero-order valence-electron chi connectivity index (χ0n) is 26.9. The van der Waals surface area contributed by atoms with Gasteiger partial charge in [-0.05, 0) is 80.9 Å². The van der Waals surface area contributed by atoms with Gasteiger partial charge in [-0.1, -0.05) is 32.0 Å². The van der Waals surface area contributed by atoms with Crippen molar-refractivity contribution in [2.75, 3.05) is 26.7 Å². The molecule has 0 spiro atoms. The Morgan fingerprint density at radius 3 is 1.42 bits per heavy atom. The number of benzene rings is 3. The van der Waals surface area contributed by atoms with E-state index in [1.54, 1.807) is 31.3 Å². The molecule has 12 heteroatoms. The number of hydrogen-bond donors (Lipinski definition) is 12. The highest BCUT2D eigenvalue weighted by Crippen LogP contribution is 2.28. The summed E-state index contributed by atoms with van der Waals surface area (Å²) in [6.45, 7) is 11.1. The van der Waals surface area contributed by atoms with Crippen molar-refractivity contribution in [1.82, 2.24) is 16.0 Å². The van der Waals surface area contributed by atoms with Crippen molar-refractivity contribution in [1.29, 1.82) is 0 Å². The number of likely N-dealkylation sites (N-methyl/N-ethyl adjacent to an activating group) is 1. The molecule has 0 amide bonds. The van der Waals surface area contributed by atoms with E-state index in [4.69, 9.17) is 20.4 Å². The van der Waals surface area contributed by atoms with E-state index in [-0.39, 0.29) is 40.9 Å². The fraction of sp³-hybridized carbons (Fsp3) is 0.455. The normalized spacial score (nSPS) is 13.2. The highest BCUT2D eigenvalue weighted by molar-refractivity contribution is 5.42. The predicted molar refractivity (Wildman–Crippen MR) is 173 cm³/mol. The molecule has 3 aromatic rings. The van der Waals surface area contributed by atoms with Crippen molar-refractivity contribution in [3.05, 3.63) is 76.9 Å². The molecule has 0 fully saturated rings. The van der Waals surface area contributed by atoms with Crippen LogP contribution in [0, 0.1) is 0 Å². The molecule has 3 rings (SSSR count). The Balaban J connectivity index is 0.000000341. The topological polar surface area (TPSA) is 218 Å². The summed E-state index contributed by atoms with van der Waals surface area (Å²) in [5.74, 6) is -0.737. The molecular weight excluding hydrogens is 582 g/mol. The summed E-state index contributed by atoms with van der Waals surface area (Å²) >= 11 is 0. The van der Waals surface area contributed by atoms with E-state index < -0.39 is 18.3 Å². The second kappa shape index (κ2) is 19.0.